The summed E-state index contributed by atoms with van der Waals surface area (Å²) in [6, 6.07) is 6.00. The van der Waals surface area contributed by atoms with Crippen LogP contribution in [0.5, 0.6) is 0 Å². The normalized spacial score (nSPS) is 43.7. The number of hydrogen-bond donors (Lipinski definition) is 0. The molecule has 0 saturated heterocycles. The second kappa shape index (κ2) is 2.26. The standard InChI is InChI=1S/C12H9Cl2N/c13-8-2-1-7(3-9(8)14)12-6-15-5-11(12)4-10(11)12/h1-3,6,10H,4-5H2/t10?,11-,12+/m1/s1. The molecule has 1 heterocycles. The number of nitrogens with zero attached hydrogens (tertiary/aromatic N) is 1. The number of hydrogen-bond acceptors (Lipinski definition) is 1. The van der Waals surface area contributed by atoms with Crippen LogP contribution in [0.15, 0.2) is 23.2 Å². The van der Waals surface area contributed by atoms with Crippen molar-refractivity contribution in [1.29, 1.82) is 0 Å². The number of benzene rings is 1. The maximum absolute atomic E-state index is 6.06. The summed E-state index contributed by atoms with van der Waals surface area (Å²) >= 11 is 12.0. The highest BCUT2D eigenvalue weighted by Crippen LogP contribution is 2.88. The lowest BCUT2D eigenvalue weighted by Crippen LogP contribution is -2.20. The Hall–Kier alpha value is -0.530. The highest BCUT2D eigenvalue weighted by Gasteiger charge is 2.89. The molecule has 3 aliphatic rings. The number of halogens is 2. The van der Waals surface area contributed by atoms with Crippen molar-refractivity contribution in [2.24, 2.45) is 16.3 Å². The minimum Gasteiger partial charge on any atom is -0.296 e. The lowest BCUT2D eigenvalue weighted by atomic mass is 9.83. The molecule has 2 aliphatic carbocycles. The molecule has 0 bridgehead atoms. The van der Waals surface area contributed by atoms with Gasteiger partial charge in [0.15, 0.2) is 0 Å². The molecule has 2 fully saturated rings. The van der Waals surface area contributed by atoms with E-state index < -0.39 is 0 Å². The highest BCUT2D eigenvalue weighted by atomic mass is 35.5. The summed E-state index contributed by atoms with van der Waals surface area (Å²) in [5, 5.41) is 1.29. The van der Waals surface area contributed by atoms with Crippen LogP contribution in [0.1, 0.15) is 12.0 Å². The zero-order chi connectivity index (χ0) is 10.3. The van der Waals surface area contributed by atoms with Crippen LogP contribution in [0.3, 0.4) is 0 Å². The Bertz CT molecular complexity index is 510. The molecule has 76 valence electrons. The highest BCUT2D eigenvalue weighted by molar-refractivity contribution is 6.42. The fraction of sp³-hybridized carbons (Fsp3) is 0.417. The van der Waals surface area contributed by atoms with Gasteiger partial charge in [0.05, 0.1) is 10.0 Å². The molecule has 2 saturated carbocycles. The van der Waals surface area contributed by atoms with Crippen LogP contribution < -0.4 is 0 Å². The van der Waals surface area contributed by atoms with Crippen LogP contribution in [0.25, 0.3) is 0 Å². The average Bonchev–Trinajstić information content (AvgIpc) is 3.02. The minimum absolute atomic E-state index is 0.237. The largest absolute Gasteiger partial charge is 0.296 e. The second-order valence-electron chi connectivity index (χ2n) is 4.88. The summed E-state index contributed by atoms with van der Waals surface area (Å²) in [5.74, 6) is 0.833. The number of aliphatic imine (C=N–C) groups is 1. The quantitative estimate of drug-likeness (QED) is 0.711. The molecule has 0 N–H and O–H groups in total. The van der Waals surface area contributed by atoms with Gasteiger partial charge in [0.25, 0.3) is 0 Å². The maximum Gasteiger partial charge on any atom is 0.0595 e. The van der Waals surface area contributed by atoms with Crippen molar-refractivity contribution in [3.8, 4) is 0 Å². The Labute approximate surface area is 98.1 Å². The van der Waals surface area contributed by atoms with Gasteiger partial charge in [-0.3, -0.25) is 4.99 Å². The molecule has 1 aromatic rings. The molecule has 1 unspecified atom stereocenters. The molecule has 3 heteroatoms. The van der Waals surface area contributed by atoms with Crippen LogP contribution in [-0.4, -0.2) is 12.8 Å². The number of rotatable bonds is 1. The van der Waals surface area contributed by atoms with Crippen LogP contribution in [0.4, 0.5) is 0 Å². The first kappa shape index (κ1) is 8.60. The molecule has 1 spiro atoms. The molecule has 0 amide bonds. The first-order valence-electron chi connectivity index (χ1n) is 5.17. The van der Waals surface area contributed by atoms with E-state index in [0.717, 1.165) is 12.5 Å². The molecular formula is C12H9Cl2N. The van der Waals surface area contributed by atoms with Crippen molar-refractivity contribution >= 4 is 29.4 Å². The van der Waals surface area contributed by atoms with Crippen LogP contribution in [-0.2, 0) is 5.41 Å². The predicted molar refractivity (Wildman–Crippen MR) is 62.0 cm³/mol. The van der Waals surface area contributed by atoms with E-state index >= 15 is 0 Å². The van der Waals surface area contributed by atoms with Gasteiger partial charge in [-0.15, -0.1) is 0 Å². The molecule has 15 heavy (non-hydrogen) atoms. The van der Waals surface area contributed by atoms with Crippen molar-refractivity contribution in [2.75, 3.05) is 6.54 Å². The van der Waals surface area contributed by atoms with E-state index in [1.807, 2.05) is 12.1 Å². The van der Waals surface area contributed by atoms with E-state index in [9.17, 15) is 0 Å². The third-order valence-corrected chi connectivity index (χ3v) is 5.17. The fourth-order valence-electron chi connectivity index (χ4n) is 3.41. The predicted octanol–water partition coefficient (Wildman–Crippen LogP) is 3.34. The smallest absolute Gasteiger partial charge is 0.0595 e. The number of fused-ring (bicyclic) bond motifs is 1. The summed E-state index contributed by atoms with van der Waals surface area (Å²) in [5.41, 5.74) is 2.03. The van der Waals surface area contributed by atoms with Gasteiger partial charge in [0.1, 0.15) is 0 Å². The Balaban J connectivity index is 1.85. The second-order valence-corrected chi connectivity index (χ2v) is 5.69. The maximum atomic E-state index is 6.06. The Morgan fingerprint density at radius 2 is 2.13 bits per heavy atom. The Morgan fingerprint density at radius 3 is 2.73 bits per heavy atom. The molecule has 4 rings (SSSR count). The van der Waals surface area contributed by atoms with E-state index in [1.54, 1.807) is 0 Å². The summed E-state index contributed by atoms with van der Waals surface area (Å²) in [4.78, 5) is 4.43. The molecular weight excluding hydrogens is 229 g/mol. The lowest BCUT2D eigenvalue weighted by Gasteiger charge is -2.19. The summed E-state index contributed by atoms with van der Waals surface area (Å²) in [7, 11) is 0. The van der Waals surface area contributed by atoms with E-state index in [2.05, 4.69) is 17.3 Å². The van der Waals surface area contributed by atoms with E-state index in [1.165, 1.54) is 12.0 Å². The van der Waals surface area contributed by atoms with Gasteiger partial charge >= 0.3 is 0 Å². The minimum atomic E-state index is 0.237. The van der Waals surface area contributed by atoms with E-state index in [0.29, 0.717) is 15.5 Å². The zero-order valence-electron chi connectivity index (χ0n) is 8.00. The monoisotopic (exact) mass is 237 g/mol. The van der Waals surface area contributed by atoms with E-state index in [-0.39, 0.29) is 5.41 Å². The van der Waals surface area contributed by atoms with Crippen molar-refractivity contribution in [2.45, 2.75) is 11.8 Å². The first-order chi connectivity index (χ1) is 7.21. The molecule has 1 aromatic carbocycles. The van der Waals surface area contributed by atoms with Gasteiger partial charge in [-0.05, 0) is 30.0 Å². The summed E-state index contributed by atoms with van der Waals surface area (Å²) in [6.07, 6.45) is 3.48. The summed E-state index contributed by atoms with van der Waals surface area (Å²) < 4.78 is 0. The molecule has 1 aliphatic heterocycles. The molecule has 0 radical (unpaired) electrons. The fourth-order valence-corrected chi connectivity index (χ4v) is 3.71. The van der Waals surface area contributed by atoms with Crippen molar-refractivity contribution in [3.63, 3.8) is 0 Å². The third kappa shape index (κ3) is 0.754. The van der Waals surface area contributed by atoms with Gasteiger partial charge < -0.3 is 0 Å². The lowest BCUT2D eigenvalue weighted by molar-refractivity contribution is 0.566. The van der Waals surface area contributed by atoms with Gasteiger partial charge in [-0.2, -0.15) is 0 Å². The van der Waals surface area contributed by atoms with Crippen LogP contribution in [0.2, 0.25) is 10.0 Å². The first-order valence-corrected chi connectivity index (χ1v) is 5.93. The molecule has 1 nitrogen and oxygen atoms in total. The Morgan fingerprint density at radius 1 is 1.27 bits per heavy atom. The van der Waals surface area contributed by atoms with E-state index in [4.69, 9.17) is 23.2 Å². The van der Waals surface area contributed by atoms with Gasteiger partial charge in [-0.1, -0.05) is 29.3 Å². The van der Waals surface area contributed by atoms with Gasteiger partial charge in [0, 0.05) is 23.6 Å². The van der Waals surface area contributed by atoms with Crippen LogP contribution in [0, 0.1) is 11.3 Å². The SMILES string of the molecule is Clc1ccc([C@]23C=NC[C@@]24CC43)cc1Cl. The molecule has 0 aromatic heterocycles. The van der Waals surface area contributed by atoms with Crippen molar-refractivity contribution < 1.29 is 0 Å². The Kier molecular flexibility index (Phi) is 1.29. The van der Waals surface area contributed by atoms with Gasteiger partial charge in [-0.25, -0.2) is 0 Å². The summed E-state index contributed by atoms with van der Waals surface area (Å²) in [6.45, 7) is 1.01. The average molecular weight is 238 g/mol. The zero-order valence-corrected chi connectivity index (χ0v) is 9.52. The van der Waals surface area contributed by atoms with Crippen LogP contribution >= 0.6 is 23.2 Å². The topological polar surface area (TPSA) is 12.4 Å². The van der Waals surface area contributed by atoms with Crippen molar-refractivity contribution in [1.82, 2.24) is 0 Å². The van der Waals surface area contributed by atoms with Crippen molar-refractivity contribution in [3.05, 3.63) is 33.8 Å². The third-order valence-electron chi connectivity index (χ3n) is 4.43. The van der Waals surface area contributed by atoms with Gasteiger partial charge in [0.2, 0.25) is 0 Å². The molecule has 3 atom stereocenters.